The molecule has 0 aliphatic heterocycles. The molecule has 1 unspecified atom stereocenters. The summed E-state index contributed by atoms with van der Waals surface area (Å²) in [4.78, 5) is 0.273. The SMILES string of the molecule is CC(CCN)c1ccc(S(=O)(=O)C2CC2)c(Cl)c1. The normalized spacial score (nSPS) is 17.7. The van der Waals surface area contributed by atoms with E-state index >= 15 is 0 Å². The van der Waals surface area contributed by atoms with Gasteiger partial charge in [0.2, 0.25) is 0 Å². The van der Waals surface area contributed by atoms with Crippen molar-refractivity contribution < 1.29 is 8.42 Å². The van der Waals surface area contributed by atoms with Gasteiger partial charge in [-0.05, 0) is 49.4 Å². The van der Waals surface area contributed by atoms with Gasteiger partial charge < -0.3 is 5.73 Å². The first kappa shape index (κ1) is 13.8. The van der Waals surface area contributed by atoms with E-state index in [0.717, 1.165) is 24.8 Å². The molecule has 18 heavy (non-hydrogen) atoms. The van der Waals surface area contributed by atoms with Gasteiger partial charge in [0.1, 0.15) is 0 Å². The van der Waals surface area contributed by atoms with Gasteiger partial charge in [0, 0.05) is 0 Å². The van der Waals surface area contributed by atoms with Gasteiger partial charge in [-0.1, -0.05) is 24.6 Å². The standard InChI is InChI=1S/C13H18ClNO2S/c1-9(6-7-15)10-2-5-13(12(14)8-10)18(16,17)11-3-4-11/h2,5,8-9,11H,3-4,6-7,15H2,1H3. The van der Waals surface area contributed by atoms with Gasteiger partial charge in [-0.3, -0.25) is 0 Å². The summed E-state index contributed by atoms with van der Waals surface area (Å²) in [5.41, 5.74) is 6.56. The molecule has 0 heterocycles. The Hall–Kier alpha value is -0.580. The minimum Gasteiger partial charge on any atom is -0.330 e. The number of sulfone groups is 1. The van der Waals surface area contributed by atoms with Crippen LogP contribution in [-0.4, -0.2) is 20.2 Å². The Kier molecular flexibility index (Phi) is 3.99. The van der Waals surface area contributed by atoms with Crippen LogP contribution in [0.1, 0.15) is 37.7 Å². The number of benzene rings is 1. The van der Waals surface area contributed by atoms with Crippen LogP contribution in [0.2, 0.25) is 5.02 Å². The van der Waals surface area contributed by atoms with E-state index in [1.54, 1.807) is 12.1 Å². The average Bonchev–Trinajstić information content (AvgIpc) is 3.12. The molecule has 0 radical (unpaired) electrons. The molecule has 2 rings (SSSR count). The lowest BCUT2D eigenvalue weighted by molar-refractivity contribution is 0.594. The van der Waals surface area contributed by atoms with E-state index in [0.29, 0.717) is 17.5 Å². The highest BCUT2D eigenvalue weighted by atomic mass is 35.5. The van der Waals surface area contributed by atoms with Crippen LogP contribution in [0, 0.1) is 0 Å². The topological polar surface area (TPSA) is 60.2 Å². The Morgan fingerprint density at radius 3 is 2.61 bits per heavy atom. The third kappa shape index (κ3) is 2.71. The fourth-order valence-electron chi connectivity index (χ4n) is 2.03. The molecule has 1 atom stereocenters. The average molecular weight is 288 g/mol. The van der Waals surface area contributed by atoms with Gasteiger partial charge in [-0.2, -0.15) is 0 Å². The molecule has 1 saturated carbocycles. The van der Waals surface area contributed by atoms with Crippen molar-refractivity contribution in [2.24, 2.45) is 5.73 Å². The van der Waals surface area contributed by atoms with E-state index in [4.69, 9.17) is 17.3 Å². The maximum absolute atomic E-state index is 12.1. The van der Waals surface area contributed by atoms with Gasteiger partial charge in [0.05, 0.1) is 15.2 Å². The van der Waals surface area contributed by atoms with E-state index in [1.807, 2.05) is 6.07 Å². The van der Waals surface area contributed by atoms with Gasteiger partial charge in [-0.25, -0.2) is 8.42 Å². The quantitative estimate of drug-likeness (QED) is 0.906. The highest BCUT2D eigenvalue weighted by Gasteiger charge is 2.38. The predicted octanol–water partition coefficient (Wildman–Crippen LogP) is 2.73. The lowest BCUT2D eigenvalue weighted by Gasteiger charge is -2.13. The van der Waals surface area contributed by atoms with Gasteiger partial charge in [0.25, 0.3) is 0 Å². The molecule has 3 nitrogen and oxygen atoms in total. The predicted molar refractivity (Wildman–Crippen MR) is 73.7 cm³/mol. The van der Waals surface area contributed by atoms with Crippen LogP contribution in [0.5, 0.6) is 0 Å². The second kappa shape index (κ2) is 5.19. The van der Waals surface area contributed by atoms with Crippen molar-refractivity contribution in [2.45, 2.75) is 42.2 Å². The summed E-state index contributed by atoms with van der Waals surface area (Å²) in [6, 6.07) is 5.25. The fraction of sp³-hybridized carbons (Fsp3) is 0.538. The zero-order valence-electron chi connectivity index (χ0n) is 10.4. The third-order valence-electron chi connectivity index (χ3n) is 3.39. The smallest absolute Gasteiger partial charge is 0.182 e. The van der Waals surface area contributed by atoms with E-state index in [9.17, 15) is 8.42 Å². The second-order valence-electron chi connectivity index (χ2n) is 4.91. The monoisotopic (exact) mass is 287 g/mol. The minimum absolute atomic E-state index is 0.220. The Morgan fingerprint density at radius 1 is 1.44 bits per heavy atom. The Labute approximate surface area is 113 Å². The molecule has 1 aromatic carbocycles. The zero-order chi connectivity index (χ0) is 13.3. The van der Waals surface area contributed by atoms with E-state index < -0.39 is 9.84 Å². The van der Waals surface area contributed by atoms with Gasteiger partial charge in [-0.15, -0.1) is 0 Å². The van der Waals surface area contributed by atoms with Crippen molar-refractivity contribution in [3.8, 4) is 0 Å². The molecule has 0 aromatic heterocycles. The number of hydrogen-bond donors (Lipinski definition) is 1. The summed E-state index contributed by atoms with van der Waals surface area (Å²) < 4.78 is 24.2. The third-order valence-corrected chi connectivity index (χ3v) is 6.14. The molecule has 0 saturated heterocycles. The molecule has 100 valence electrons. The van der Waals surface area contributed by atoms with E-state index in [2.05, 4.69) is 6.92 Å². The first-order valence-corrected chi connectivity index (χ1v) is 8.12. The van der Waals surface area contributed by atoms with Crippen LogP contribution in [-0.2, 0) is 9.84 Å². The van der Waals surface area contributed by atoms with Crippen LogP contribution in [0.3, 0.4) is 0 Å². The van der Waals surface area contributed by atoms with Crippen LogP contribution in [0.15, 0.2) is 23.1 Å². The Balaban J connectivity index is 2.30. The van der Waals surface area contributed by atoms with E-state index in [1.165, 1.54) is 0 Å². The van der Waals surface area contributed by atoms with E-state index in [-0.39, 0.29) is 10.1 Å². The Bertz CT molecular complexity index is 538. The van der Waals surface area contributed by atoms with Crippen LogP contribution in [0.25, 0.3) is 0 Å². The van der Waals surface area contributed by atoms with Gasteiger partial charge >= 0.3 is 0 Å². The number of halogens is 1. The number of hydrogen-bond acceptors (Lipinski definition) is 3. The minimum atomic E-state index is -3.21. The van der Waals surface area contributed by atoms with Crippen molar-refractivity contribution in [1.29, 1.82) is 0 Å². The van der Waals surface area contributed by atoms with Crippen molar-refractivity contribution in [1.82, 2.24) is 0 Å². The summed E-state index contributed by atoms with van der Waals surface area (Å²) in [6.07, 6.45) is 2.37. The summed E-state index contributed by atoms with van der Waals surface area (Å²) in [6.45, 7) is 2.68. The Morgan fingerprint density at radius 2 is 2.11 bits per heavy atom. The molecular formula is C13H18ClNO2S. The molecule has 1 fully saturated rings. The molecule has 1 aliphatic carbocycles. The van der Waals surface area contributed by atoms with Crippen LogP contribution >= 0.6 is 11.6 Å². The zero-order valence-corrected chi connectivity index (χ0v) is 12.0. The van der Waals surface area contributed by atoms with Crippen LogP contribution in [0.4, 0.5) is 0 Å². The van der Waals surface area contributed by atoms with Gasteiger partial charge in [0.15, 0.2) is 9.84 Å². The van der Waals surface area contributed by atoms with Crippen molar-refractivity contribution in [2.75, 3.05) is 6.54 Å². The molecule has 0 amide bonds. The number of nitrogens with two attached hydrogens (primary N) is 1. The first-order chi connectivity index (χ1) is 8.46. The van der Waals surface area contributed by atoms with Crippen molar-refractivity contribution >= 4 is 21.4 Å². The lowest BCUT2D eigenvalue weighted by atomic mass is 9.98. The molecular weight excluding hydrogens is 270 g/mol. The fourth-order valence-corrected chi connectivity index (χ4v) is 4.24. The first-order valence-electron chi connectivity index (χ1n) is 6.20. The molecule has 5 heteroatoms. The van der Waals surface area contributed by atoms with Crippen molar-refractivity contribution in [3.63, 3.8) is 0 Å². The maximum atomic E-state index is 12.1. The summed E-state index contributed by atoms with van der Waals surface area (Å²) >= 11 is 6.12. The molecule has 0 spiro atoms. The lowest BCUT2D eigenvalue weighted by Crippen LogP contribution is -2.09. The summed E-state index contributed by atoms with van der Waals surface area (Å²) in [5.74, 6) is 0.296. The summed E-state index contributed by atoms with van der Waals surface area (Å²) in [5, 5.41) is 0.116. The molecule has 1 aromatic rings. The van der Waals surface area contributed by atoms with Crippen molar-refractivity contribution in [3.05, 3.63) is 28.8 Å². The largest absolute Gasteiger partial charge is 0.330 e. The molecule has 0 bridgehead atoms. The molecule has 1 aliphatic rings. The molecule has 2 N–H and O–H groups in total. The number of rotatable bonds is 5. The second-order valence-corrected chi connectivity index (χ2v) is 7.52. The highest BCUT2D eigenvalue weighted by Crippen LogP contribution is 2.37. The summed E-state index contributed by atoms with van der Waals surface area (Å²) in [7, 11) is -3.21. The highest BCUT2D eigenvalue weighted by molar-refractivity contribution is 7.92. The maximum Gasteiger partial charge on any atom is 0.182 e. The van der Waals surface area contributed by atoms with Crippen LogP contribution < -0.4 is 5.73 Å².